The molecule has 2 aromatic rings. The van der Waals surface area contributed by atoms with Gasteiger partial charge in [0.05, 0.1) is 0 Å². The first kappa shape index (κ1) is 14.2. The van der Waals surface area contributed by atoms with Crippen LogP contribution in [0.3, 0.4) is 0 Å². The summed E-state index contributed by atoms with van der Waals surface area (Å²) < 4.78 is 7.15. The van der Waals surface area contributed by atoms with Crippen LogP contribution >= 0.6 is 34.2 Å². The summed E-state index contributed by atoms with van der Waals surface area (Å²) in [6, 6.07) is 14.5. The lowest BCUT2D eigenvalue weighted by Gasteiger charge is -2.12. The van der Waals surface area contributed by atoms with Crippen LogP contribution in [-0.2, 0) is 6.54 Å². The van der Waals surface area contributed by atoms with Crippen LogP contribution in [0.2, 0.25) is 5.02 Å². The first-order valence-electron chi connectivity index (χ1n) is 6.66. The molecule has 4 heteroatoms. The molecule has 2 nitrogen and oxygen atoms in total. The molecule has 1 fully saturated rings. The quantitative estimate of drug-likeness (QED) is 0.715. The van der Waals surface area contributed by atoms with Crippen molar-refractivity contribution in [2.75, 3.05) is 0 Å². The molecule has 1 aliphatic carbocycles. The van der Waals surface area contributed by atoms with E-state index in [4.69, 9.17) is 16.3 Å². The summed E-state index contributed by atoms with van der Waals surface area (Å²) in [6.45, 7) is 0.821. The van der Waals surface area contributed by atoms with Gasteiger partial charge >= 0.3 is 0 Å². The van der Waals surface area contributed by atoms with Crippen molar-refractivity contribution < 1.29 is 4.74 Å². The Hall–Kier alpha value is -0.780. The van der Waals surface area contributed by atoms with Crippen LogP contribution in [0.4, 0.5) is 0 Å². The van der Waals surface area contributed by atoms with Crippen molar-refractivity contribution in [1.29, 1.82) is 0 Å². The van der Waals surface area contributed by atoms with E-state index in [1.165, 1.54) is 12.8 Å². The van der Waals surface area contributed by atoms with Crippen LogP contribution in [0.25, 0.3) is 0 Å². The van der Waals surface area contributed by atoms with E-state index in [-0.39, 0.29) is 0 Å². The van der Waals surface area contributed by atoms with Crippen molar-refractivity contribution in [2.24, 2.45) is 0 Å². The molecule has 3 rings (SSSR count). The van der Waals surface area contributed by atoms with Crippen molar-refractivity contribution in [3.05, 3.63) is 56.6 Å². The van der Waals surface area contributed by atoms with Gasteiger partial charge < -0.3 is 10.1 Å². The van der Waals surface area contributed by atoms with Crippen molar-refractivity contribution in [3.63, 3.8) is 0 Å². The Morgan fingerprint density at radius 2 is 2.05 bits per heavy atom. The summed E-state index contributed by atoms with van der Waals surface area (Å²) in [5.74, 6) is 1.67. The Bertz CT molecular complexity index is 613. The van der Waals surface area contributed by atoms with Gasteiger partial charge in [-0.3, -0.25) is 0 Å². The third-order valence-corrected chi connectivity index (χ3v) is 4.12. The minimum absolute atomic E-state index is 0.677. The molecule has 0 saturated heterocycles. The first-order valence-corrected chi connectivity index (χ1v) is 8.11. The van der Waals surface area contributed by atoms with Gasteiger partial charge in [0, 0.05) is 26.7 Å². The highest BCUT2D eigenvalue weighted by atomic mass is 127. The molecule has 1 saturated carbocycles. The molecular formula is C16H15ClINO. The van der Waals surface area contributed by atoms with Crippen molar-refractivity contribution in [1.82, 2.24) is 5.32 Å². The molecule has 0 aliphatic heterocycles. The third-order valence-electron chi connectivity index (χ3n) is 3.21. The summed E-state index contributed by atoms with van der Waals surface area (Å²) in [4.78, 5) is 0. The summed E-state index contributed by atoms with van der Waals surface area (Å²) in [6.07, 6.45) is 2.56. The van der Waals surface area contributed by atoms with Crippen molar-refractivity contribution in [2.45, 2.75) is 25.4 Å². The molecule has 104 valence electrons. The molecule has 20 heavy (non-hydrogen) atoms. The van der Waals surface area contributed by atoms with E-state index in [1.54, 1.807) is 0 Å². The number of ether oxygens (including phenoxy) is 1. The highest BCUT2D eigenvalue weighted by Gasteiger charge is 2.20. The van der Waals surface area contributed by atoms with Gasteiger partial charge in [0.1, 0.15) is 11.5 Å². The van der Waals surface area contributed by atoms with E-state index in [2.05, 4.69) is 27.9 Å². The number of rotatable bonds is 5. The summed E-state index contributed by atoms with van der Waals surface area (Å²) in [7, 11) is 0. The van der Waals surface area contributed by atoms with Gasteiger partial charge in [-0.15, -0.1) is 0 Å². The summed E-state index contributed by atoms with van der Waals surface area (Å²) in [5.41, 5.74) is 1.14. The molecule has 0 heterocycles. The van der Waals surface area contributed by atoms with Gasteiger partial charge in [-0.1, -0.05) is 23.7 Å². The normalized spacial score (nSPS) is 14.3. The Morgan fingerprint density at radius 1 is 1.20 bits per heavy atom. The molecule has 0 bridgehead atoms. The van der Waals surface area contributed by atoms with Gasteiger partial charge in [-0.05, 0) is 65.8 Å². The van der Waals surface area contributed by atoms with E-state index in [0.717, 1.165) is 27.2 Å². The lowest BCUT2D eigenvalue weighted by molar-refractivity contribution is 0.472. The van der Waals surface area contributed by atoms with Gasteiger partial charge in [-0.25, -0.2) is 0 Å². The van der Waals surface area contributed by atoms with Crippen LogP contribution in [0, 0.1) is 3.57 Å². The fourth-order valence-electron chi connectivity index (χ4n) is 1.97. The van der Waals surface area contributed by atoms with E-state index < -0.39 is 0 Å². The molecular weight excluding hydrogens is 385 g/mol. The Labute approximate surface area is 137 Å². The van der Waals surface area contributed by atoms with E-state index in [9.17, 15) is 0 Å². The van der Waals surface area contributed by atoms with Crippen molar-refractivity contribution in [3.8, 4) is 11.5 Å². The lowest BCUT2D eigenvalue weighted by atomic mass is 10.2. The first-order chi connectivity index (χ1) is 9.70. The van der Waals surface area contributed by atoms with Crippen LogP contribution < -0.4 is 10.1 Å². The maximum atomic E-state index is 6.09. The van der Waals surface area contributed by atoms with Crippen LogP contribution in [0.1, 0.15) is 18.4 Å². The predicted molar refractivity (Wildman–Crippen MR) is 90.5 cm³/mol. The summed E-state index contributed by atoms with van der Waals surface area (Å²) >= 11 is 8.37. The molecule has 2 aromatic carbocycles. The maximum Gasteiger partial charge on any atom is 0.133 e. The fraction of sp³-hybridized carbons (Fsp3) is 0.250. The van der Waals surface area contributed by atoms with Gasteiger partial charge in [0.25, 0.3) is 0 Å². The molecule has 0 unspecified atom stereocenters. The summed E-state index contributed by atoms with van der Waals surface area (Å²) in [5, 5.41) is 4.20. The highest BCUT2D eigenvalue weighted by Crippen LogP contribution is 2.30. The Morgan fingerprint density at radius 3 is 2.80 bits per heavy atom. The highest BCUT2D eigenvalue weighted by molar-refractivity contribution is 14.1. The second-order valence-electron chi connectivity index (χ2n) is 4.97. The van der Waals surface area contributed by atoms with Crippen LogP contribution in [-0.4, -0.2) is 6.04 Å². The molecule has 0 amide bonds. The second-order valence-corrected chi connectivity index (χ2v) is 6.65. The Kier molecular flexibility index (Phi) is 4.48. The fourth-order valence-corrected chi connectivity index (χ4v) is 2.65. The van der Waals surface area contributed by atoms with Gasteiger partial charge in [0.15, 0.2) is 0 Å². The van der Waals surface area contributed by atoms with Crippen LogP contribution in [0.5, 0.6) is 11.5 Å². The molecule has 0 radical (unpaired) electrons. The number of hydrogen-bond acceptors (Lipinski definition) is 2. The third kappa shape index (κ3) is 3.87. The van der Waals surface area contributed by atoms with Crippen LogP contribution in [0.15, 0.2) is 42.5 Å². The topological polar surface area (TPSA) is 21.3 Å². The van der Waals surface area contributed by atoms with Gasteiger partial charge in [0.2, 0.25) is 0 Å². The smallest absolute Gasteiger partial charge is 0.133 e. The molecule has 1 aliphatic rings. The number of nitrogens with one attached hydrogen (secondary N) is 1. The Balaban J connectivity index is 1.80. The van der Waals surface area contributed by atoms with E-state index in [0.29, 0.717) is 11.1 Å². The SMILES string of the molecule is Clc1ccc(CNC2CC2)c(Oc2cccc(I)c2)c1. The number of benzene rings is 2. The molecule has 1 N–H and O–H groups in total. The van der Waals surface area contributed by atoms with E-state index >= 15 is 0 Å². The minimum atomic E-state index is 0.677. The molecule has 0 atom stereocenters. The van der Waals surface area contributed by atoms with Crippen molar-refractivity contribution >= 4 is 34.2 Å². The second kappa shape index (κ2) is 6.33. The zero-order valence-corrected chi connectivity index (χ0v) is 13.8. The van der Waals surface area contributed by atoms with Gasteiger partial charge in [-0.2, -0.15) is 0 Å². The average molecular weight is 400 g/mol. The zero-order valence-electron chi connectivity index (χ0n) is 10.9. The average Bonchev–Trinajstić information content (AvgIpc) is 3.22. The zero-order chi connectivity index (χ0) is 13.9. The maximum absolute atomic E-state index is 6.09. The number of hydrogen-bond donors (Lipinski definition) is 1. The lowest BCUT2D eigenvalue weighted by Crippen LogP contribution is -2.15. The minimum Gasteiger partial charge on any atom is -0.457 e. The van der Waals surface area contributed by atoms with E-state index in [1.807, 2.05) is 42.5 Å². The molecule has 0 aromatic heterocycles. The molecule has 0 spiro atoms. The predicted octanol–water partition coefficient (Wildman–Crippen LogP) is 4.99. The largest absolute Gasteiger partial charge is 0.457 e. The monoisotopic (exact) mass is 399 g/mol. The standard InChI is InChI=1S/C16H15ClINO/c17-12-5-4-11(10-19-14-6-7-14)16(8-12)20-15-3-1-2-13(18)9-15/h1-5,8-9,14,19H,6-7,10H2. The number of halogens is 2.